The van der Waals surface area contributed by atoms with Crippen LogP contribution in [0.2, 0.25) is 0 Å². The van der Waals surface area contributed by atoms with Crippen molar-refractivity contribution in [2.75, 3.05) is 31.6 Å². The van der Waals surface area contributed by atoms with E-state index >= 15 is 0 Å². The molecule has 6 nitrogen and oxygen atoms in total. The fourth-order valence-corrected chi connectivity index (χ4v) is 4.61. The lowest BCUT2D eigenvalue weighted by molar-refractivity contribution is 0.0730. The Labute approximate surface area is 127 Å². The summed E-state index contributed by atoms with van der Waals surface area (Å²) in [5.74, 6) is -0.193. The van der Waals surface area contributed by atoms with Crippen LogP contribution >= 0.6 is 0 Å². The van der Waals surface area contributed by atoms with Crippen molar-refractivity contribution >= 4 is 32.4 Å². The van der Waals surface area contributed by atoms with Crippen molar-refractivity contribution in [1.82, 2.24) is 4.31 Å². The topological polar surface area (TPSA) is 75.7 Å². The van der Waals surface area contributed by atoms with Crippen LogP contribution in [0.1, 0.15) is 10.4 Å². The maximum absolute atomic E-state index is 12.9. The SMILES string of the molecule is O=C1Nc2cccc3c(S(=O)(=O)N4CCOCC4)ccc1c23. The van der Waals surface area contributed by atoms with Crippen LogP contribution in [-0.2, 0) is 14.8 Å². The van der Waals surface area contributed by atoms with Gasteiger partial charge >= 0.3 is 0 Å². The summed E-state index contributed by atoms with van der Waals surface area (Å²) in [4.78, 5) is 12.2. The Bertz CT molecular complexity index is 886. The third-order valence-corrected chi connectivity index (χ3v) is 6.04. The van der Waals surface area contributed by atoms with Crippen LogP contribution in [0.25, 0.3) is 10.8 Å². The highest BCUT2D eigenvalue weighted by molar-refractivity contribution is 7.89. The van der Waals surface area contributed by atoms with E-state index in [4.69, 9.17) is 4.74 Å². The van der Waals surface area contributed by atoms with Crippen LogP contribution in [0.3, 0.4) is 0 Å². The molecule has 1 fully saturated rings. The third kappa shape index (κ3) is 1.86. The van der Waals surface area contributed by atoms with Crippen LogP contribution in [0.4, 0.5) is 5.69 Å². The Morgan fingerprint density at radius 2 is 1.86 bits per heavy atom. The quantitative estimate of drug-likeness (QED) is 0.909. The van der Waals surface area contributed by atoms with Crippen molar-refractivity contribution in [2.45, 2.75) is 4.90 Å². The molecule has 0 spiro atoms. The van der Waals surface area contributed by atoms with E-state index < -0.39 is 10.0 Å². The van der Waals surface area contributed by atoms with Crippen LogP contribution in [-0.4, -0.2) is 44.9 Å². The predicted octanol–water partition coefficient (Wildman–Crippen LogP) is 1.43. The molecule has 0 bridgehead atoms. The van der Waals surface area contributed by atoms with Crippen molar-refractivity contribution in [3.05, 3.63) is 35.9 Å². The number of benzene rings is 2. The average molecular weight is 318 g/mol. The minimum absolute atomic E-state index is 0.193. The van der Waals surface area contributed by atoms with Crippen LogP contribution in [0.15, 0.2) is 35.2 Å². The molecule has 2 aliphatic rings. The number of anilines is 1. The first-order valence-electron chi connectivity index (χ1n) is 7.04. The summed E-state index contributed by atoms with van der Waals surface area (Å²) in [6.07, 6.45) is 0. The van der Waals surface area contributed by atoms with E-state index in [0.29, 0.717) is 48.3 Å². The minimum Gasteiger partial charge on any atom is -0.379 e. The van der Waals surface area contributed by atoms with Crippen molar-refractivity contribution < 1.29 is 17.9 Å². The van der Waals surface area contributed by atoms with Crippen molar-refractivity contribution in [3.63, 3.8) is 0 Å². The van der Waals surface area contributed by atoms with Crippen LogP contribution < -0.4 is 5.32 Å². The summed E-state index contributed by atoms with van der Waals surface area (Å²) in [5.41, 5.74) is 1.18. The van der Waals surface area contributed by atoms with E-state index in [-0.39, 0.29) is 10.8 Å². The molecule has 7 heteroatoms. The maximum atomic E-state index is 12.9. The summed E-state index contributed by atoms with van der Waals surface area (Å²) in [6, 6.07) is 8.39. The second-order valence-electron chi connectivity index (χ2n) is 5.31. The molecule has 2 aromatic rings. The number of hydrogen-bond donors (Lipinski definition) is 1. The van der Waals surface area contributed by atoms with E-state index in [1.165, 1.54) is 10.4 Å². The van der Waals surface area contributed by atoms with Gasteiger partial charge in [0.25, 0.3) is 5.91 Å². The van der Waals surface area contributed by atoms with E-state index in [2.05, 4.69) is 5.32 Å². The van der Waals surface area contributed by atoms with Crippen molar-refractivity contribution in [3.8, 4) is 0 Å². The lowest BCUT2D eigenvalue weighted by atomic mass is 10.1. The first-order valence-corrected chi connectivity index (χ1v) is 8.48. The highest BCUT2D eigenvalue weighted by Crippen LogP contribution is 2.37. The number of rotatable bonds is 2. The minimum atomic E-state index is -3.60. The molecule has 22 heavy (non-hydrogen) atoms. The van der Waals surface area contributed by atoms with Gasteiger partial charge in [0.2, 0.25) is 10.0 Å². The van der Waals surface area contributed by atoms with Crippen LogP contribution in [0.5, 0.6) is 0 Å². The zero-order valence-corrected chi connectivity index (χ0v) is 12.5. The Hall–Kier alpha value is -1.96. The molecule has 2 aliphatic heterocycles. The molecule has 1 N–H and O–H groups in total. The highest BCUT2D eigenvalue weighted by Gasteiger charge is 2.31. The Morgan fingerprint density at radius 1 is 1.09 bits per heavy atom. The van der Waals surface area contributed by atoms with Gasteiger partial charge < -0.3 is 10.1 Å². The fraction of sp³-hybridized carbons (Fsp3) is 0.267. The van der Waals surface area contributed by atoms with Crippen LogP contribution in [0, 0.1) is 0 Å². The summed E-state index contributed by atoms with van der Waals surface area (Å²) >= 11 is 0. The largest absolute Gasteiger partial charge is 0.379 e. The number of amides is 1. The monoisotopic (exact) mass is 318 g/mol. The lowest BCUT2D eigenvalue weighted by Gasteiger charge is -2.26. The predicted molar refractivity (Wildman–Crippen MR) is 81.5 cm³/mol. The third-order valence-electron chi connectivity index (χ3n) is 4.08. The van der Waals surface area contributed by atoms with E-state index in [1.54, 1.807) is 24.3 Å². The summed E-state index contributed by atoms with van der Waals surface area (Å²) in [5, 5.41) is 4.03. The van der Waals surface area contributed by atoms with Gasteiger partial charge in [0.15, 0.2) is 0 Å². The number of sulfonamides is 1. The van der Waals surface area contributed by atoms with Gasteiger partial charge in [-0.15, -0.1) is 0 Å². The zero-order valence-electron chi connectivity index (χ0n) is 11.7. The van der Waals surface area contributed by atoms with E-state index in [1.807, 2.05) is 0 Å². The first kappa shape index (κ1) is 13.7. The lowest BCUT2D eigenvalue weighted by Crippen LogP contribution is -2.40. The number of morpholine rings is 1. The molecular weight excluding hydrogens is 304 g/mol. The molecule has 114 valence electrons. The fourth-order valence-electron chi connectivity index (χ4n) is 3.01. The highest BCUT2D eigenvalue weighted by atomic mass is 32.2. The van der Waals surface area contributed by atoms with E-state index in [0.717, 1.165) is 0 Å². The maximum Gasteiger partial charge on any atom is 0.256 e. The number of nitrogens with one attached hydrogen (secondary N) is 1. The van der Waals surface area contributed by atoms with Gasteiger partial charge in [-0.1, -0.05) is 12.1 Å². The van der Waals surface area contributed by atoms with Crippen molar-refractivity contribution in [2.24, 2.45) is 0 Å². The number of hydrogen-bond acceptors (Lipinski definition) is 4. The summed E-state index contributed by atoms with van der Waals surface area (Å²) in [7, 11) is -3.60. The normalized spacial score (nSPS) is 18.6. The Balaban J connectivity index is 1.94. The Morgan fingerprint density at radius 3 is 2.64 bits per heavy atom. The van der Waals surface area contributed by atoms with Gasteiger partial charge in [0, 0.05) is 35.1 Å². The molecule has 1 amide bonds. The molecule has 0 unspecified atom stereocenters. The molecule has 0 atom stereocenters. The number of carbonyl (C=O) groups excluding carboxylic acids is 1. The smallest absolute Gasteiger partial charge is 0.256 e. The summed E-state index contributed by atoms with van der Waals surface area (Å²) in [6.45, 7) is 1.51. The molecule has 0 radical (unpaired) electrons. The number of carbonyl (C=O) groups is 1. The number of ether oxygens (including phenoxy) is 1. The average Bonchev–Trinajstić information content (AvgIpc) is 2.86. The van der Waals surface area contributed by atoms with Gasteiger partial charge in [-0.3, -0.25) is 4.79 Å². The number of nitrogens with zero attached hydrogens (tertiary/aromatic N) is 1. The van der Waals surface area contributed by atoms with E-state index in [9.17, 15) is 13.2 Å². The van der Waals surface area contributed by atoms with Gasteiger partial charge in [-0.05, 0) is 18.2 Å². The summed E-state index contributed by atoms with van der Waals surface area (Å²) < 4.78 is 32.4. The molecular formula is C15H14N2O4S. The van der Waals surface area contributed by atoms with Gasteiger partial charge in [0.05, 0.1) is 18.1 Å². The molecule has 0 saturated carbocycles. The zero-order chi connectivity index (χ0) is 15.3. The Kier molecular flexibility index (Phi) is 2.97. The van der Waals surface area contributed by atoms with Crippen molar-refractivity contribution in [1.29, 1.82) is 0 Å². The molecule has 1 saturated heterocycles. The second kappa shape index (κ2) is 4.77. The molecule has 4 rings (SSSR count). The second-order valence-corrected chi connectivity index (χ2v) is 7.22. The first-order chi connectivity index (χ1) is 10.6. The standard InChI is InChI=1S/C15H14N2O4S/c18-15-11-4-5-13(10-2-1-3-12(16-15)14(10)11)22(19,20)17-6-8-21-9-7-17/h1-5H,6-9H2,(H,16,18). The van der Waals surface area contributed by atoms with Gasteiger partial charge in [-0.25, -0.2) is 8.42 Å². The molecule has 0 aliphatic carbocycles. The molecule has 2 heterocycles. The van der Waals surface area contributed by atoms with Gasteiger partial charge in [-0.2, -0.15) is 4.31 Å². The molecule has 0 aromatic heterocycles. The van der Waals surface area contributed by atoms with Gasteiger partial charge in [0.1, 0.15) is 0 Å². The molecule has 2 aromatic carbocycles.